The van der Waals surface area contributed by atoms with Crippen LogP contribution in [0.4, 0.5) is 0 Å². The van der Waals surface area contributed by atoms with E-state index < -0.39 is 18.0 Å². The molecule has 35 heavy (non-hydrogen) atoms. The third kappa shape index (κ3) is 9.20. The van der Waals surface area contributed by atoms with Crippen molar-refractivity contribution in [2.45, 2.75) is 44.8 Å². The third-order valence-electron chi connectivity index (χ3n) is 5.51. The molecular formula is C25H30ClNO8. The third-order valence-corrected chi connectivity index (χ3v) is 5.74. The molecule has 4 N–H and O–H groups in total. The summed E-state index contributed by atoms with van der Waals surface area (Å²) in [6, 6.07) is 13.3. The van der Waals surface area contributed by atoms with Gasteiger partial charge in [-0.25, -0.2) is 14.4 Å². The number of halogens is 1. The molecule has 190 valence electrons. The minimum atomic E-state index is -1.82. The van der Waals surface area contributed by atoms with E-state index in [0.717, 1.165) is 24.8 Å². The van der Waals surface area contributed by atoms with Gasteiger partial charge in [0.2, 0.25) is 0 Å². The van der Waals surface area contributed by atoms with Crippen LogP contribution in [-0.4, -0.2) is 58.5 Å². The molecule has 1 aliphatic carbocycles. The van der Waals surface area contributed by atoms with Gasteiger partial charge in [-0.15, -0.1) is 0 Å². The number of carboxylic acid groups (broad SMARTS) is 2. The van der Waals surface area contributed by atoms with Crippen LogP contribution in [0.25, 0.3) is 0 Å². The number of esters is 1. The zero-order valence-electron chi connectivity index (χ0n) is 19.6. The fourth-order valence-electron chi connectivity index (χ4n) is 3.69. The second-order valence-corrected chi connectivity index (χ2v) is 8.76. The highest BCUT2D eigenvalue weighted by Gasteiger charge is 2.30. The Bertz CT molecular complexity index is 1030. The molecule has 2 aromatic carbocycles. The minimum Gasteiger partial charge on any atom is -0.482 e. The van der Waals surface area contributed by atoms with Gasteiger partial charge in [0.1, 0.15) is 5.75 Å². The maximum absolute atomic E-state index is 11.5. The summed E-state index contributed by atoms with van der Waals surface area (Å²) in [5.74, 6) is -3.35. The van der Waals surface area contributed by atoms with Crippen LogP contribution in [0.2, 0.25) is 5.02 Å². The molecule has 10 heteroatoms. The number of hydrogen-bond donors (Lipinski definition) is 4. The summed E-state index contributed by atoms with van der Waals surface area (Å²) < 4.78 is 10.5. The highest BCUT2D eigenvalue weighted by atomic mass is 35.5. The molecular weight excluding hydrogens is 478 g/mol. The van der Waals surface area contributed by atoms with Gasteiger partial charge in [-0.2, -0.15) is 0 Å². The van der Waals surface area contributed by atoms with Crippen LogP contribution < -0.4 is 10.1 Å². The van der Waals surface area contributed by atoms with Crippen LogP contribution in [0.15, 0.2) is 42.5 Å². The normalized spacial score (nSPS) is 17.3. The van der Waals surface area contributed by atoms with Crippen molar-refractivity contribution in [2.24, 2.45) is 0 Å². The number of β-amino-alcohol motifs (C(OH)–C–C–N with tert-alkyl or cyclic N) is 1. The smallest absolute Gasteiger partial charge is 0.414 e. The van der Waals surface area contributed by atoms with E-state index in [0.29, 0.717) is 23.9 Å². The van der Waals surface area contributed by atoms with E-state index in [4.69, 9.17) is 40.9 Å². The molecule has 0 amide bonds. The molecule has 0 spiro atoms. The van der Waals surface area contributed by atoms with E-state index in [9.17, 15) is 9.90 Å². The molecule has 2 aromatic rings. The van der Waals surface area contributed by atoms with Gasteiger partial charge < -0.3 is 30.1 Å². The van der Waals surface area contributed by atoms with Gasteiger partial charge in [-0.1, -0.05) is 29.8 Å². The first-order valence-corrected chi connectivity index (χ1v) is 11.5. The Kier molecular flexibility index (Phi) is 10.5. The van der Waals surface area contributed by atoms with E-state index in [1.807, 2.05) is 24.3 Å². The predicted octanol–water partition coefficient (Wildman–Crippen LogP) is 3.01. The van der Waals surface area contributed by atoms with Crippen molar-refractivity contribution < 1.29 is 39.2 Å². The fraction of sp³-hybridized carbons (Fsp3) is 0.400. The average molecular weight is 508 g/mol. The Morgan fingerprint density at radius 1 is 1.11 bits per heavy atom. The van der Waals surface area contributed by atoms with Crippen molar-refractivity contribution in [1.29, 1.82) is 0 Å². The number of aliphatic hydroxyl groups excluding tert-OH is 1. The van der Waals surface area contributed by atoms with Crippen LogP contribution in [0.3, 0.4) is 0 Å². The van der Waals surface area contributed by atoms with Crippen LogP contribution in [0.1, 0.15) is 43.1 Å². The standard InChI is InChI=1S/C23H28ClNO4.C2H2O4/c1-3-28-22(27)15-29-20-8-7-16-9-10-23(2,13-18(16)12-20)25-14-21(26)17-5-4-6-19(24)11-17;3-1(4)2(5)6/h4-8,11-12,21,25-26H,3,9-10,13-15H2,1-2H3;(H,3,4)(H,5,6)/t21-,23?;/m0./s1. The summed E-state index contributed by atoms with van der Waals surface area (Å²) in [6.07, 6.45) is 2.13. The van der Waals surface area contributed by atoms with Crippen LogP contribution in [0, 0.1) is 0 Å². The molecule has 0 aromatic heterocycles. The summed E-state index contributed by atoms with van der Waals surface area (Å²) >= 11 is 6.03. The van der Waals surface area contributed by atoms with Crippen molar-refractivity contribution in [3.63, 3.8) is 0 Å². The highest BCUT2D eigenvalue weighted by Crippen LogP contribution is 2.31. The van der Waals surface area contributed by atoms with E-state index in [1.54, 1.807) is 19.1 Å². The van der Waals surface area contributed by atoms with Crippen molar-refractivity contribution >= 4 is 29.5 Å². The lowest BCUT2D eigenvalue weighted by molar-refractivity contribution is -0.159. The van der Waals surface area contributed by atoms with Crippen molar-refractivity contribution in [3.8, 4) is 5.75 Å². The summed E-state index contributed by atoms with van der Waals surface area (Å²) in [5.41, 5.74) is 3.17. The number of aryl methyl sites for hydroxylation is 1. The summed E-state index contributed by atoms with van der Waals surface area (Å²) in [5, 5.41) is 29.4. The Morgan fingerprint density at radius 2 is 1.83 bits per heavy atom. The lowest BCUT2D eigenvalue weighted by atomic mass is 9.79. The van der Waals surface area contributed by atoms with Gasteiger partial charge in [-0.3, -0.25) is 0 Å². The number of ether oxygens (including phenoxy) is 2. The SMILES string of the molecule is CCOC(=O)COc1ccc2c(c1)CC(C)(NC[C@H](O)c1cccc(Cl)c1)CC2.O=C(O)C(=O)O. The number of carbonyl (C=O) groups is 3. The molecule has 0 saturated heterocycles. The van der Waals surface area contributed by atoms with Crippen molar-refractivity contribution in [3.05, 3.63) is 64.2 Å². The number of aliphatic carboxylic acids is 2. The van der Waals surface area contributed by atoms with Gasteiger partial charge in [0, 0.05) is 17.1 Å². The van der Waals surface area contributed by atoms with Gasteiger partial charge in [0.05, 0.1) is 12.7 Å². The zero-order chi connectivity index (χ0) is 26.0. The summed E-state index contributed by atoms with van der Waals surface area (Å²) in [4.78, 5) is 29.7. The van der Waals surface area contributed by atoms with E-state index in [-0.39, 0.29) is 18.1 Å². The molecule has 1 unspecified atom stereocenters. The average Bonchev–Trinajstić information content (AvgIpc) is 2.81. The van der Waals surface area contributed by atoms with Gasteiger partial charge in [0.25, 0.3) is 0 Å². The first-order chi connectivity index (χ1) is 16.5. The Labute approximate surface area is 208 Å². The lowest BCUT2D eigenvalue weighted by Crippen LogP contribution is -2.48. The molecule has 0 heterocycles. The highest BCUT2D eigenvalue weighted by molar-refractivity contribution is 6.30. The molecule has 0 aliphatic heterocycles. The molecule has 0 bridgehead atoms. The van der Waals surface area contributed by atoms with Crippen molar-refractivity contribution in [2.75, 3.05) is 19.8 Å². The first-order valence-electron chi connectivity index (χ1n) is 11.1. The van der Waals surface area contributed by atoms with E-state index >= 15 is 0 Å². The topological polar surface area (TPSA) is 142 Å². The molecule has 1 aliphatic rings. The molecule has 9 nitrogen and oxygen atoms in total. The lowest BCUT2D eigenvalue weighted by Gasteiger charge is -2.37. The number of hydrogen-bond acceptors (Lipinski definition) is 7. The number of benzene rings is 2. The van der Waals surface area contributed by atoms with E-state index in [1.165, 1.54) is 11.1 Å². The Balaban J connectivity index is 0.000000641. The zero-order valence-corrected chi connectivity index (χ0v) is 20.4. The second kappa shape index (κ2) is 13.1. The minimum absolute atomic E-state index is 0.0893. The quantitative estimate of drug-likeness (QED) is 0.313. The van der Waals surface area contributed by atoms with Gasteiger partial charge >= 0.3 is 17.9 Å². The number of aliphatic hydroxyl groups is 1. The Morgan fingerprint density at radius 3 is 2.46 bits per heavy atom. The monoisotopic (exact) mass is 507 g/mol. The maximum atomic E-state index is 11.5. The second-order valence-electron chi connectivity index (χ2n) is 8.32. The van der Waals surface area contributed by atoms with E-state index in [2.05, 4.69) is 18.3 Å². The number of nitrogens with one attached hydrogen (secondary N) is 1. The maximum Gasteiger partial charge on any atom is 0.414 e. The van der Waals surface area contributed by atoms with Crippen molar-refractivity contribution in [1.82, 2.24) is 5.32 Å². The van der Waals surface area contributed by atoms with Crippen LogP contribution in [-0.2, 0) is 32.0 Å². The summed E-state index contributed by atoms with van der Waals surface area (Å²) in [6.45, 7) is 4.65. The summed E-state index contributed by atoms with van der Waals surface area (Å²) in [7, 11) is 0. The number of fused-ring (bicyclic) bond motifs is 1. The molecule has 0 fully saturated rings. The van der Waals surface area contributed by atoms with Gasteiger partial charge in [0.15, 0.2) is 6.61 Å². The fourth-order valence-corrected chi connectivity index (χ4v) is 3.89. The first kappa shape index (κ1) is 28.1. The number of carbonyl (C=O) groups excluding carboxylic acids is 1. The number of rotatable bonds is 8. The van der Waals surface area contributed by atoms with Crippen LogP contribution in [0.5, 0.6) is 5.75 Å². The molecule has 0 radical (unpaired) electrons. The van der Waals surface area contributed by atoms with Crippen LogP contribution >= 0.6 is 11.6 Å². The Hall–Kier alpha value is -3.14. The molecule has 3 rings (SSSR count). The van der Waals surface area contributed by atoms with Gasteiger partial charge in [-0.05, 0) is 74.1 Å². The molecule has 0 saturated carbocycles. The predicted molar refractivity (Wildman–Crippen MR) is 129 cm³/mol. The largest absolute Gasteiger partial charge is 0.482 e. The number of carboxylic acids is 2. The molecule has 2 atom stereocenters.